The molecule has 2 amide bonds. The van der Waals surface area contributed by atoms with Crippen LogP contribution >= 0.6 is 0 Å². The molecule has 0 spiro atoms. The molecule has 2 heterocycles. The average molecular weight is 349 g/mol. The maximum Gasteiger partial charge on any atom is 0.322 e. The molecule has 0 unspecified atom stereocenters. The van der Waals surface area contributed by atoms with Gasteiger partial charge in [0.1, 0.15) is 0 Å². The summed E-state index contributed by atoms with van der Waals surface area (Å²) in [4.78, 5) is 17.4. The van der Waals surface area contributed by atoms with Crippen molar-refractivity contribution in [1.29, 1.82) is 0 Å². The number of nitrogens with zero attached hydrogens (tertiary/aromatic N) is 2. The maximum atomic E-state index is 12.8. The summed E-state index contributed by atoms with van der Waals surface area (Å²) in [5.74, 6) is 0. The number of carbonyl (C=O) groups excluding carboxylic acids is 1. The summed E-state index contributed by atoms with van der Waals surface area (Å²) in [5.41, 5.74) is 3.59. The van der Waals surface area contributed by atoms with E-state index in [4.69, 9.17) is 0 Å². The Bertz CT molecular complexity index is 738. The van der Waals surface area contributed by atoms with E-state index in [9.17, 15) is 4.79 Å². The molecule has 0 aliphatic carbocycles. The summed E-state index contributed by atoms with van der Waals surface area (Å²) >= 11 is 0. The molecule has 0 saturated carbocycles. The first-order valence-corrected chi connectivity index (χ1v) is 9.71. The van der Waals surface area contributed by atoms with Gasteiger partial charge in [0.25, 0.3) is 0 Å². The van der Waals surface area contributed by atoms with E-state index in [0.29, 0.717) is 6.04 Å². The van der Waals surface area contributed by atoms with Gasteiger partial charge in [-0.05, 0) is 42.9 Å². The minimum absolute atomic E-state index is 0.0682. The molecule has 1 fully saturated rings. The number of likely N-dealkylation sites (tertiary alicyclic amines) is 1. The van der Waals surface area contributed by atoms with E-state index >= 15 is 0 Å². The normalized spacial score (nSPS) is 19.4. The van der Waals surface area contributed by atoms with Crippen molar-refractivity contribution in [2.45, 2.75) is 38.3 Å². The number of hydrogen-bond acceptors (Lipinski definition) is 2. The minimum atomic E-state index is 0.0682. The molecule has 0 aromatic heterocycles. The second kappa shape index (κ2) is 7.92. The second-order valence-electron chi connectivity index (χ2n) is 7.38. The zero-order chi connectivity index (χ0) is 17.8. The number of amides is 2. The summed E-state index contributed by atoms with van der Waals surface area (Å²) in [6.45, 7) is 3.97. The molecule has 4 nitrogen and oxygen atoms in total. The average Bonchev–Trinajstić information content (AvgIpc) is 2.66. The van der Waals surface area contributed by atoms with Gasteiger partial charge < -0.3 is 10.2 Å². The molecule has 136 valence electrons. The van der Waals surface area contributed by atoms with Crippen molar-refractivity contribution in [3.05, 3.63) is 65.7 Å². The van der Waals surface area contributed by atoms with Gasteiger partial charge in [-0.1, -0.05) is 48.5 Å². The van der Waals surface area contributed by atoms with Crippen molar-refractivity contribution in [2.24, 2.45) is 0 Å². The number of nitrogens with one attached hydrogen (secondary N) is 1. The molecule has 2 aromatic carbocycles. The van der Waals surface area contributed by atoms with Crippen LogP contribution in [0.5, 0.6) is 0 Å². The fraction of sp³-hybridized carbons (Fsp3) is 0.409. The number of fused-ring (bicyclic) bond motifs is 1. The number of aryl methyl sites for hydroxylation is 1. The van der Waals surface area contributed by atoms with Crippen molar-refractivity contribution in [3.8, 4) is 0 Å². The summed E-state index contributed by atoms with van der Waals surface area (Å²) in [6, 6.07) is 19.2. The largest absolute Gasteiger partial charge is 0.322 e. The monoisotopic (exact) mass is 349 g/mol. The molecule has 4 rings (SSSR count). The SMILES string of the molecule is O=C1Nc2ccccc2CCCN1C1CCN(Cc2ccccc2)CC1. The molecule has 1 N–H and O–H groups in total. The Morgan fingerprint density at radius 3 is 2.46 bits per heavy atom. The standard InChI is InChI=1S/C22H27N3O/c26-22-23-21-11-5-4-9-19(21)10-6-14-25(22)20-12-15-24(16-13-20)17-18-7-2-1-3-8-18/h1-5,7-9,11,20H,6,10,12-17H2,(H,23,26). The van der Waals surface area contributed by atoms with Gasteiger partial charge in [-0.2, -0.15) is 0 Å². The van der Waals surface area contributed by atoms with Crippen LogP contribution in [0.3, 0.4) is 0 Å². The lowest BCUT2D eigenvalue weighted by Crippen LogP contribution is -2.49. The number of piperidine rings is 1. The van der Waals surface area contributed by atoms with E-state index in [0.717, 1.165) is 57.5 Å². The number of urea groups is 1. The third-order valence-corrected chi connectivity index (χ3v) is 5.61. The van der Waals surface area contributed by atoms with E-state index in [-0.39, 0.29) is 6.03 Å². The van der Waals surface area contributed by atoms with Crippen molar-refractivity contribution >= 4 is 11.7 Å². The molecular weight excluding hydrogens is 322 g/mol. The van der Waals surface area contributed by atoms with Crippen LogP contribution in [-0.4, -0.2) is 41.5 Å². The minimum Gasteiger partial charge on any atom is -0.321 e. The fourth-order valence-corrected chi connectivity index (χ4v) is 4.17. The Morgan fingerprint density at radius 2 is 1.65 bits per heavy atom. The smallest absolute Gasteiger partial charge is 0.321 e. The van der Waals surface area contributed by atoms with Crippen LogP contribution in [0.4, 0.5) is 10.5 Å². The number of rotatable bonds is 3. The van der Waals surface area contributed by atoms with Crippen LogP contribution in [0.2, 0.25) is 0 Å². The van der Waals surface area contributed by atoms with Crippen LogP contribution in [0.1, 0.15) is 30.4 Å². The van der Waals surface area contributed by atoms with Crippen LogP contribution in [0, 0.1) is 0 Å². The molecule has 0 atom stereocenters. The number of para-hydroxylation sites is 1. The number of benzene rings is 2. The predicted octanol–water partition coefficient (Wildman–Crippen LogP) is 4.13. The lowest BCUT2D eigenvalue weighted by molar-refractivity contribution is 0.122. The lowest BCUT2D eigenvalue weighted by Gasteiger charge is -2.39. The Hall–Kier alpha value is -2.33. The number of carbonyl (C=O) groups is 1. The van der Waals surface area contributed by atoms with Gasteiger partial charge in [0, 0.05) is 37.9 Å². The van der Waals surface area contributed by atoms with E-state index < -0.39 is 0 Å². The molecule has 4 heteroatoms. The van der Waals surface area contributed by atoms with E-state index in [1.807, 2.05) is 18.2 Å². The third-order valence-electron chi connectivity index (χ3n) is 5.61. The Labute approximate surface area is 155 Å². The van der Waals surface area contributed by atoms with Crippen LogP contribution in [-0.2, 0) is 13.0 Å². The summed E-state index contributed by atoms with van der Waals surface area (Å²) in [7, 11) is 0. The number of hydrogen-bond donors (Lipinski definition) is 1. The molecule has 0 bridgehead atoms. The fourth-order valence-electron chi connectivity index (χ4n) is 4.17. The summed E-state index contributed by atoms with van der Waals surface area (Å²) in [5, 5.41) is 3.13. The number of anilines is 1. The van der Waals surface area contributed by atoms with Crippen LogP contribution < -0.4 is 5.32 Å². The lowest BCUT2D eigenvalue weighted by atomic mass is 10.0. The second-order valence-corrected chi connectivity index (χ2v) is 7.38. The molecular formula is C22H27N3O. The molecule has 2 aromatic rings. The van der Waals surface area contributed by atoms with Gasteiger partial charge >= 0.3 is 6.03 Å². The van der Waals surface area contributed by atoms with Crippen LogP contribution in [0.25, 0.3) is 0 Å². The molecule has 2 aliphatic heterocycles. The Morgan fingerprint density at radius 1 is 0.923 bits per heavy atom. The van der Waals surface area contributed by atoms with Gasteiger partial charge in [0.2, 0.25) is 0 Å². The summed E-state index contributed by atoms with van der Waals surface area (Å²) in [6.07, 6.45) is 4.18. The van der Waals surface area contributed by atoms with Crippen molar-refractivity contribution in [3.63, 3.8) is 0 Å². The highest BCUT2D eigenvalue weighted by atomic mass is 16.2. The Kier molecular flexibility index (Phi) is 5.21. The topological polar surface area (TPSA) is 35.6 Å². The molecule has 0 radical (unpaired) electrons. The van der Waals surface area contributed by atoms with Gasteiger partial charge in [-0.3, -0.25) is 4.90 Å². The molecule has 26 heavy (non-hydrogen) atoms. The van der Waals surface area contributed by atoms with Crippen molar-refractivity contribution in [2.75, 3.05) is 25.0 Å². The van der Waals surface area contributed by atoms with Gasteiger partial charge in [0.05, 0.1) is 0 Å². The predicted molar refractivity (Wildman–Crippen MR) is 105 cm³/mol. The van der Waals surface area contributed by atoms with Crippen molar-refractivity contribution < 1.29 is 4.79 Å². The first kappa shape index (κ1) is 17.1. The first-order chi connectivity index (χ1) is 12.8. The van der Waals surface area contributed by atoms with E-state index in [1.165, 1.54) is 11.1 Å². The molecule has 1 saturated heterocycles. The zero-order valence-corrected chi connectivity index (χ0v) is 15.2. The highest BCUT2D eigenvalue weighted by Crippen LogP contribution is 2.24. The highest BCUT2D eigenvalue weighted by Gasteiger charge is 2.29. The van der Waals surface area contributed by atoms with E-state index in [1.54, 1.807) is 0 Å². The quantitative estimate of drug-likeness (QED) is 0.904. The third kappa shape index (κ3) is 3.91. The summed E-state index contributed by atoms with van der Waals surface area (Å²) < 4.78 is 0. The maximum absolute atomic E-state index is 12.8. The highest BCUT2D eigenvalue weighted by molar-refractivity contribution is 5.90. The Balaban J connectivity index is 1.36. The van der Waals surface area contributed by atoms with Gasteiger partial charge in [-0.25, -0.2) is 4.79 Å². The van der Waals surface area contributed by atoms with E-state index in [2.05, 4.69) is 51.5 Å². The van der Waals surface area contributed by atoms with Crippen LogP contribution in [0.15, 0.2) is 54.6 Å². The zero-order valence-electron chi connectivity index (χ0n) is 15.2. The molecule has 2 aliphatic rings. The first-order valence-electron chi connectivity index (χ1n) is 9.71. The van der Waals surface area contributed by atoms with Gasteiger partial charge in [-0.15, -0.1) is 0 Å². The van der Waals surface area contributed by atoms with Crippen molar-refractivity contribution in [1.82, 2.24) is 9.80 Å². The van der Waals surface area contributed by atoms with Gasteiger partial charge in [0.15, 0.2) is 0 Å².